The predicted molar refractivity (Wildman–Crippen MR) is 76.9 cm³/mol. The summed E-state index contributed by atoms with van der Waals surface area (Å²) in [5.41, 5.74) is 1.01. The average Bonchev–Trinajstić information content (AvgIpc) is 2.47. The predicted octanol–water partition coefficient (Wildman–Crippen LogP) is 0.641. The summed E-state index contributed by atoms with van der Waals surface area (Å²) in [6.45, 7) is 2.23. The number of aliphatic hydroxyl groups is 1. The van der Waals surface area contributed by atoms with Gasteiger partial charge in [-0.25, -0.2) is 8.42 Å². The lowest BCUT2D eigenvalue weighted by molar-refractivity contribution is -0.0516. The van der Waals surface area contributed by atoms with Crippen molar-refractivity contribution in [3.8, 4) is 0 Å². The van der Waals surface area contributed by atoms with Crippen molar-refractivity contribution in [2.75, 3.05) is 25.5 Å². The SMILES string of the molecule is CC1COC(CO)CN1S(=O)(=O)CCc1ccccc1. The quantitative estimate of drug-likeness (QED) is 0.866. The first-order chi connectivity index (χ1) is 9.53. The Morgan fingerprint density at radius 2 is 2.05 bits per heavy atom. The van der Waals surface area contributed by atoms with Gasteiger partial charge in [0.25, 0.3) is 0 Å². The Labute approximate surface area is 120 Å². The van der Waals surface area contributed by atoms with Crippen LogP contribution < -0.4 is 0 Å². The molecule has 0 radical (unpaired) electrons. The van der Waals surface area contributed by atoms with E-state index in [0.717, 1.165) is 5.56 Å². The van der Waals surface area contributed by atoms with E-state index in [1.165, 1.54) is 4.31 Å². The van der Waals surface area contributed by atoms with E-state index >= 15 is 0 Å². The smallest absolute Gasteiger partial charge is 0.214 e. The van der Waals surface area contributed by atoms with Crippen LogP contribution in [0.4, 0.5) is 0 Å². The highest BCUT2D eigenvalue weighted by Gasteiger charge is 2.33. The second kappa shape index (κ2) is 6.67. The monoisotopic (exact) mass is 299 g/mol. The number of nitrogens with zero attached hydrogens (tertiary/aromatic N) is 1. The van der Waals surface area contributed by atoms with Crippen molar-refractivity contribution < 1.29 is 18.3 Å². The molecule has 2 unspecified atom stereocenters. The van der Waals surface area contributed by atoms with Gasteiger partial charge < -0.3 is 9.84 Å². The van der Waals surface area contributed by atoms with Crippen LogP contribution in [-0.4, -0.2) is 55.5 Å². The van der Waals surface area contributed by atoms with Crippen molar-refractivity contribution >= 4 is 10.0 Å². The fraction of sp³-hybridized carbons (Fsp3) is 0.571. The minimum atomic E-state index is -3.33. The largest absolute Gasteiger partial charge is 0.394 e. The second-order valence-corrected chi connectivity index (χ2v) is 7.15. The van der Waals surface area contributed by atoms with Crippen LogP contribution in [0.25, 0.3) is 0 Å². The fourth-order valence-electron chi connectivity index (χ4n) is 2.30. The third-order valence-electron chi connectivity index (χ3n) is 3.50. The fourth-order valence-corrected chi connectivity index (χ4v) is 4.03. The van der Waals surface area contributed by atoms with Gasteiger partial charge >= 0.3 is 0 Å². The lowest BCUT2D eigenvalue weighted by Gasteiger charge is -2.36. The lowest BCUT2D eigenvalue weighted by Crippen LogP contribution is -2.52. The molecule has 5 nitrogen and oxygen atoms in total. The topological polar surface area (TPSA) is 66.8 Å². The van der Waals surface area contributed by atoms with E-state index in [1.54, 1.807) is 0 Å². The molecular weight excluding hydrogens is 278 g/mol. The molecule has 2 atom stereocenters. The zero-order chi connectivity index (χ0) is 14.6. The van der Waals surface area contributed by atoms with Crippen molar-refractivity contribution in [1.29, 1.82) is 0 Å². The van der Waals surface area contributed by atoms with Gasteiger partial charge in [0.2, 0.25) is 10.0 Å². The highest BCUT2D eigenvalue weighted by atomic mass is 32.2. The maximum atomic E-state index is 12.4. The molecular formula is C14H21NO4S. The summed E-state index contributed by atoms with van der Waals surface area (Å²) in [4.78, 5) is 0. The van der Waals surface area contributed by atoms with Crippen LogP contribution in [0.15, 0.2) is 30.3 Å². The molecule has 2 rings (SSSR count). The number of aliphatic hydroxyl groups excluding tert-OH is 1. The molecule has 1 aliphatic heterocycles. The van der Waals surface area contributed by atoms with Crippen molar-refractivity contribution in [3.05, 3.63) is 35.9 Å². The van der Waals surface area contributed by atoms with Gasteiger partial charge in [0.15, 0.2) is 0 Å². The summed E-state index contributed by atoms with van der Waals surface area (Å²) in [7, 11) is -3.33. The lowest BCUT2D eigenvalue weighted by atomic mass is 10.2. The Kier molecular flexibility index (Phi) is 5.15. The van der Waals surface area contributed by atoms with Crippen LogP contribution in [0, 0.1) is 0 Å². The first-order valence-electron chi connectivity index (χ1n) is 6.79. The van der Waals surface area contributed by atoms with E-state index in [-0.39, 0.29) is 24.9 Å². The van der Waals surface area contributed by atoms with Gasteiger partial charge in [-0.3, -0.25) is 0 Å². The van der Waals surface area contributed by atoms with Crippen LogP contribution in [0.1, 0.15) is 12.5 Å². The van der Waals surface area contributed by atoms with Gasteiger partial charge in [-0.2, -0.15) is 4.31 Å². The maximum Gasteiger partial charge on any atom is 0.214 e. The van der Waals surface area contributed by atoms with Gasteiger partial charge in [-0.05, 0) is 18.9 Å². The molecule has 20 heavy (non-hydrogen) atoms. The van der Waals surface area contributed by atoms with Gasteiger partial charge in [0.05, 0.1) is 25.1 Å². The minimum absolute atomic E-state index is 0.0828. The van der Waals surface area contributed by atoms with E-state index in [9.17, 15) is 8.42 Å². The molecule has 0 bridgehead atoms. The molecule has 1 saturated heterocycles. The Hall–Kier alpha value is -0.950. The third kappa shape index (κ3) is 3.79. The van der Waals surface area contributed by atoms with Crippen molar-refractivity contribution in [2.24, 2.45) is 0 Å². The Morgan fingerprint density at radius 3 is 2.70 bits per heavy atom. The molecule has 1 aromatic carbocycles. The van der Waals surface area contributed by atoms with E-state index in [4.69, 9.17) is 9.84 Å². The van der Waals surface area contributed by atoms with Gasteiger partial charge in [-0.1, -0.05) is 30.3 Å². The van der Waals surface area contributed by atoms with Crippen LogP contribution in [0.3, 0.4) is 0 Å². The molecule has 1 heterocycles. The third-order valence-corrected chi connectivity index (χ3v) is 5.44. The number of rotatable bonds is 5. The molecule has 6 heteroatoms. The molecule has 0 saturated carbocycles. The molecule has 1 aromatic rings. The Bertz CT molecular complexity index is 517. The molecule has 1 aliphatic rings. The number of sulfonamides is 1. The highest BCUT2D eigenvalue weighted by Crippen LogP contribution is 2.17. The second-order valence-electron chi connectivity index (χ2n) is 5.11. The van der Waals surface area contributed by atoms with E-state index in [2.05, 4.69) is 0 Å². The normalized spacial score (nSPS) is 24.7. The number of hydrogen-bond acceptors (Lipinski definition) is 4. The van der Waals surface area contributed by atoms with Crippen molar-refractivity contribution in [1.82, 2.24) is 4.31 Å². The number of ether oxygens (including phenoxy) is 1. The molecule has 112 valence electrons. The van der Waals surface area contributed by atoms with Gasteiger partial charge in [0, 0.05) is 12.6 Å². The number of morpholine rings is 1. The van der Waals surface area contributed by atoms with E-state index in [0.29, 0.717) is 13.0 Å². The number of hydrogen-bond donors (Lipinski definition) is 1. The molecule has 0 aromatic heterocycles. The molecule has 1 fully saturated rings. The van der Waals surface area contributed by atoms with Crippen LogP contribution in [0.5, 0.6) is 0 Å². The van der Waals surface area contributed by atoms with Crippen LogP contribution >= 0.6 is 0 Å². The summed E-state index contributed by atoms with van der Waals surface area (Å²) < 4.78 is 31.7. The van der Waals surface area contributed by atoms with Crippen LogP contribution in [0.2, 0.25) is 0 Å². The first kappa shape index (κ1) is 15.4. The summed E-state index contributed by atoms with van der Waals surface area (Å²) in [5.74, 6) is 0.0828. The van der Waals surface area contributed by atoms with Crippen molar-refractivity contribution in [2.45, 2.75) is 25.5 Å². The van der Waals surface area contributed by atoms with Crippen molar-refractivity contribution in [3.63, 3.8) is 0 Å². The number of benzene rings is 1. The maximum absolute atomic E-state index is 12.4. The molecule has 0 spiro atoms. The molecule has 0 aliphatic carbocycles. The van der Waals surface area contributed by atoms with E-state index < -0.39 is 16.1 Å². The van der Waals surface area contributed by atoms with Gasteiger partial charge in [0.1, 0.15) is 0 Å². The summed E-state index contributed by atoms with van der Waals surface area (Å²) in [5, 5.41) is 9.12. The Morgan fingerprint density at radius 1 is 1.35 bits per heavy atom. The summed E-state index contributed by atoms with van der Waals surface area (Å²) in [6.07, 6.45) is 0.0783. The minimum Gasteiger partial charge on any atom is -0.394 e. The highest BCUT2D eigenvalue weighted by molar-refractivity contribution is 7.89. The zero-order valence-corrected chi connectivity index (χ0v) is 12.4. The van der Waals surface area contributed by atoms with E-state index in [1.807, 2.05) is 37.3 Å². The number of aryl methyl sites for hydroxylation is 1. The standard InChI is InChI=1S/C14H21NO4S/c1-12-11-19-14(10-16)9-15(12)20(17,18)8-7-13-5-3-2-4-6-13/h2-6,12,14,16H,7-11H2,1H3. The summed E-state index contributed by atoms with van der Waals surface area (Å²) in [6, 6.07) is 9.39. The average molecular weight is 299 g/mol. The van der Waals surface area contributed by atoms with Crippen LogP contribution in [-0.2, 0) is 21.2 Å². The molecule has 0 amide bonds. The summed E-state index contributed by atoms with van der Waals surface area (Å²) >= 11 is 0. The van der Waals surface area contributed by atoms with Gasteiger partial charge in [-0.15, -0.1) is 0 Å². The first-order valence-corrected chi connectivity index (χ1v) is 8.40. The zero-order valence-electron chi connectivity index (χ0n) is 11.6. The molecule has 1 N–H and O–H groups in total. The Balaban J connectivity index is 2.01.